The molecular formula is C21H14F3N5O3. The number of aromatic amines is 1. The number of carbonyl (C=O) groups excluding carboxylic acids is 1. The number of anilines is 1. The zero-order valence-electron chi connectivity index (χ0n) is 16.4. The molecule has 0 saturated carbocycles. The van der Waals surface area contributed by atoms with Gasteiger partial charge in [0.2, 0.25) is 5.43 Å². The molecule has 2 heterocycles. The van der Waals surface area contributed by atoms with Gasteiger partial charge in [-0.15, -0.1) is 0 Å². The zero-order valence-corrected chi connectivity index (χ0v) is 16.4. The van der Waals surface area contributed by atoms with Crippen molar-refractivity contribution in [1.29, 1.82) is 0 Å². The van der Waals surface area contributed by atoms with Crippen LogP contribution in [0.25, 0.3) is 16.6 Å². The molecule has 2 N–H and O–H groups in total. The Bertz CT molecular complexity index is 1470. The second-order valence-electron chi connectivity index (χ2n) is 6.84. The first-order chi connectivity index (χ1) is 15.1. The number of amides is 1. The second kappa shape index (κ2) is 7.76. The van der Waals surface area contributed by atoms with Crippen LogP contribution in [0.3, 0.4) is 0 Å². The van der Waals surface area contributed by atoms with Crippen molar-refractivity contribution >= 4 is 22.5 Å². The first kappa shape index (κ1) is 21.0. The van der Waals surface area contributed by atoms with Crippen LogP contribution in [0.4, 0.5) is 18.9 Å². The van der Waals surface area contributed by atoms with E-state index < -0.39 is 34.3 Å². The number of nitrogens with zero attached hydrogens (tertiary/aromatic N) is 3. The van der Waals surface area contributed by atoms with Gasteiger partial charge in [-0.05, 0) is 37.3 Å². The Kier molecular flexibility index (Phi) is 5.09. The molecule has 11 heteroatoms. The summed E-state index contributed by atoms with van der Waals surface area (Å²) in [6.45, 7) is 1.41. The Hall–Kier alpha value is -4.28. The Morgan fingerprint density at radius 1 is 1.09 bits per heavy atom. The molecule has 0 saturated heterocycles. The van der Waals surface area contributed by atoms with Gasteiger partial charge in [-0.1, -0.05) is 12.1 Å². The Balaban J connectivity index is 1.76. The fourth-order valence-corrected chi connectivity index (χ4v) is 3.18. The number of aromatic nitrogens is 4. The predicted molar refractivity (Wildman–Crippen MR) is 110 cm³/mol. The molecule has 1 amide bonds. The summed E-state index contributed by atoms with van der Waals surface area (Å²) in [5, 5.41) is 6.56. The number of nitrogens with one attached hydrogen (secondary N) is 2. The number of carbonyl (C=O) groups is 1. The first-order valence-electron chi connectivity index (χ1n) is 9.21. The molecule has 0 aliphatic carbocycles. The molecule has 0 aliphatic heterocycles. The summed E-state index contributed by atoms with van der Waals surface area (Å²) in [6, 6.07) is 10.1. The lowest BCUT2D eigenvalue weighted by Gasteiger charge is -2.16. The van der Waals surface area contributed by atoms with Gasteiger partial charge in [-0.2, -0.15) is 18.3 Å². The average Bonchev–Trinajstić information content (AvgIpc) is 2.74. The van der Waals surface area contributed by atoms with Crippen LogP contribution in [0.2, 0.25) is 0 Å². The van der Waals surface area contributed by atoms with Gasteiger partial charge in [0.25, 0.3) is 11.5 Å². The Morgan fingerprint density at radius 3 is 2.59 bits per heavy atom. The quantitative estimate of drug-likeness (QED) is 0.508. The molecule has 0 unspecified atom stereocenters. The van der Waals surface area contributed by atoms with Crippen molar-refractivity contribution < 1.29 is 18.0 Å². The molecule has 8 nitrogen and oxygen atoms in total. The molecule has 0 atom stereocenters. The highest BCUT2D eigenvalue weighted by Gasteiger charge is 2.34. The van der Waals surface area contributed by atoms with Crippen LogP contribution in [0.15, 0.2) is 64.4 Å². The SMILES string of the molecule is Cc1cc(=O)c(C(=O)Nc2ccc3nc[nH]c(=O)c3c2)nn1-c1ccccc1C(F)(F)F. The number of hydrogen-bond donors (Lipinski definition) is 2. The van der Waals surface area contributed by atoms with E-state index in [-0.39, 0.29) is 22.5 Å². The summed E-state index contributed by atoms with van der Waals surface area (Å²) in [5.41, 5.74) is -2.39. The summed E-state index contributed by atoms with van der Waals surface area (Å²) in [6.07, 6.45) is -3.43. The van der Waals surface area contributed by atoms with Crippen molar-refractivity contribution in [2.45, 2.75) is 13.1 Å². The minimum atomic E-state index is -4.66. The molecular weight excluding hydrogens is 427 g/mol. The van der Waals surface area contributed by atoms with E-state index in [1.54, 1.807) is 0 Å². The summed E-state index contributed by atoms with van der Waals surface area (Å²) < 4.78 is 41.2. The number of alkyl halides is 3. The number of hydrogen-bond acceptors (Lipinski definition) is 5. The van der Waals surface area contributed by atoms with Gasteiger partial charge in [0.05, 0.1) is 28.5 Å². The maximum absolute atomic E-state index is 13.4. The van der Waals surface area contributed by atoms with E-state index in [2.05, 4.69) is 20.4 Å². The molecule has 0 fully saturated rings. The molecule has 0 aliphatic rings. The van der Waals surface area contributed by atoms with E-state index in [1.165, 1.54) is 49.6 Å². The third-order valence-corrected chi connectivity index (χ3v) is 4.66. The highest BCUT2D eigenvalue weighted by molar-refractivity contribution is 6.03. The van der Waals surface area contributed by atoms with Gasteiger partial charge >= 0.3 is 6.18 Å². The van der Waals surface area contributed by atoms with E-state index in [9.17, 15) is 27.6 Å². The summed E-state index contributed by atoms with van der Waals surface area (Å²) in [4.78, 5) is 43.4. The molecule has 4 aromatic rings. The van der Waals surface area contributed by atoms with E-state index in [0.717, 1.165) is 16.8 Å². The third kappa shape index (κ3) is 3.87. The van der Waals surface area contributed by atoms with Crippen molar-refractivity contribution in [2.75, 3.05) is 5.32 Å². The number of H-pyrrole nitrogens is 1. The summed E-state index contributed by atoms with van der Waals surface area (Å²) in [5.74, 6) is -0.937. The first-order valence-corrected chi connectivity index (χ1v) is 9.21. The molecule has 162 valence electrons. The van der Waals surface area contributed by atoms with E-state index >= 15 is 0 Å². The van der Waals surface area contributed by atoms with Gasteiger partial charge in [-0.3, -0.25) is 14.4 Å². The number of rotatable bonds is 3. The van der Waals surface area contributed by atoms with Crippen molar-refractivity contribution in [1.82, 2.24) is 19.7 Å². The van der Waals surface area contributed by atoms with Crippen molar-refractivity contribution in [2.24, 2.45) is 0 Å². The van der Waals surface area contributed by atoms with Gasteiger partial charge in [0.15, 0.2) is 5.69 Å². The smallest absolute Gasteiger partial charge is 0.320 e. The monoisotopic (exact) mass is 441 g/mol. The van der Waals surface area contributed by atoms with Crippen molar-refractivity contribution in [3.05, 3.63) is 92.4 Å². The fraction of sp³-hybridized carbons (Fsp3) is 0.0952. The van der Waals surface area contributed by atoms with Gasteiger partial charge in [0, 0.05) is 17.4 Å². The molecule has 0 spiro atoms. The molecule has 0 bridgehead atoms. The lowest BCUT2D eigenvalue weighted by Crippen LogP contribution is -2.27. The maximum atomic E-state index is 13.4. The zero-order chi connectivity index (χ0) is 23.0. The van der Waals surface area contributed by atoms with Crippen LogP contribution in [-0.4, -0.2) is 25.7 Å². The number of benzene rings is 2. The predicted octanol–water partition coefficient (Wildman–Crippen LogP) is 3.05. The lowest BCUT2D eigenvalue weighted by molar-refractivity contribution is -0.137. The van der Waals surface area contributed by atoms with Crippen LogP contribution in [0, 0.1) is 6.92 Å². The summed E-state index contributed by atoms with van der Waals surface area (Å²) >= 11 is 0. The topological polar surface area (TPSA) is 110 Å². The lowest BCUT2D eigenvalue weighted by atomic mass is 10.1. The van der Waals surface area contributed by atoms with Crippen LogP contribution >= 0.6 is 0 Å². The number of para-hydroxylation sites is 1. The van der Waals surface area contributed by atoms with Crippen LogP contribution in [0.1, 0.15) is 21.7 Å². The highest BCUT2D eigenvalue weighted by Crippen LogP contribution is 2.33. The Labute approximate surface area is 177 Å². The van der Waals surface area contributed by atoms with Crippen molar-refractivity contribution in [3.63, 3.8) is 0 Å². The molecule has 0 radical (unpaired) electrons. The normalized spacial score (nSPS) is 11.5. The van der Waals surface area contributed by atoms with Gasteiger partial charge in [-0.25, -0.2) is 9.67 Å². The molecule has 4 rings (SSSR count). The molecule has 32 heavy (non-hydrogen) atoms. The van der Waals surface area contributed by atoms with E-state index in [4.69, 9.17) is 0 Å². The highest BCUT2D eigenvalue weighted by atomic mass is 19.4. The van der Waals surface area contributed by atoms with Crippen LogP contribution in [0.5, 0.6) is 0 Å². The van der Waals surface area contributed by atoms with Crippen LogP contribution < -0.4 is 16.3 Å². The number of halogens is 3. The van der Waals surface area contributed by atoms with Gasteiger partial charge in [0.1, 0.15) is 0 Å². The van der Waals surface area contributed by atoms with E-state index in [0.29, 0.717) is 5.52 Å². The minimum Gasteiger partial charge on any atom is -0.320 e. The second-order valence-corrected chi connectivity index (χ2v) is 6.84. The summed E-state index contributed by atoms with van der Waals surface area (Å²) in [7, 11) is 0. The minimum absolute atomic E-state index is 0.117. The van der Waals surface area contributed by atoms with E-state index in [1.807, 2.05) is 0 Å². The standard InChI is InChI=1S/C21H14F3N5O3/c1-11-8-17(30)18(28-29(11)16-5-3-2-4-14(16)21(22,23)24)20(32)27-12-6-7-15-13(9-12)19(31)26-10-25-15/h2-10H,1H3,(H,27,32)(H,25,26,31). The fourth-order valence-electron chi connectivity index (χ4n) is 3.18. The molecule has 2 aromatic carbocycles. The van der Waals surface area contributed by atoms with Crippen molar-refractivity contribution in [3.8, 4) is 5.69 Å². The van der Waals surface area contributed by atoms with Crippen LogP contribution in [-0.2, 0) is 6.18 Å². The number of aryl methyl sites for hydroxylation is 1. The molecule has 2 aromatic heterocycles. The van der Waals surface area contributed by atoms with Gasteiger partial charge < -0.3 is 10.3 Å². The third-order valence-electron chi connectivity index (χ3n) is 4.66. The largest absolute Gasteiger partial charge is 0.418 e. The number of fused-ring (bicyclic) bond motifs is 1. The Morgan fingerprint density at radius 2 is 1.84 bits per heavy atom. The maximum Gasteiger partial charge on any atom is 0.418 e. The average molecular weight is 441 g/mol.